The summed E-state index contributed by atoms with van der Waals surface area (Å²) in [6.45, 7) is 2.70. The molecular weight excluding hydrogens is 366 g/mol. The zero-order chi connectivity index (χ0) is 18.4. The third-order valence-corrected chi connectivity index (χ3v) is 4.53. The maximum atomic E-state index is 12.2. The van der Waals surface area contributed by atoms with Gasteiger partial charge in [-0.3, -0.25) is 9.35 Å². The first-order chi connectivity index (χ1) is 11.8. The molecule has 0 aliphatic heterocycles. The highest BCUT2D eigenvalue weighted by Crippen LogP contribution is 2.26. The third-order valence-electron chi connectivity index (χ3n) is 3.37. The maximum absolute atomic E-state index is 12.2. The van der Waals surface area contributed by atoms with Gasteiger partial charge in [0, 0.05) is 5.56 Å². The third kappa shape index (κ3) is 5.45. The van der Waals surface area contributed by atoms with Gasteiger partial charge in [0.2, 0.25) is 0 Å². The number of benzene rings is 2. The van der Waals surface area contributed by atoms with Gasteiger partial charge in [0.05, 0.1) is 22.2 Å². The van der Waals surface area contributed by atoms with E-state index in [1.165, 1.54) is 6.07 Å². The Morgan fingerprint density at radius 3 is 2.44 bits per heavy atom. The molecule has 134 valence electrons. The average molecular weight is 384 g/mol. The summed E-state index contributed by atoms with van der Waals surface area (Å²) in [5.41, 5.74) is 0.639. The van der Waals surface area contributed by atoms with Gasteiger partial charge in [0.25, 0.3) is 16.0 Å². The summed E-state index contributed by atoms with van der Waals surface area (Å²) in [4.78, 5) is 11.9. The van der Waals surface area contributed by atoms with E-state index in [4.69, 9.17) is 20.9 Å². The zero-order valence-electron chi connectivity index (χ0n) is 13.5. The van der Waals surface area contributed by atoms with Crippen molar-refractivity contribution in [2.24, 2.45) is 0 Å². The van der Waals surface area contributed by atoms with Crippen molar-refractivity contribution in [1.29, 1.82) is 0 Å². The fourth-order valence-electron chi connectivity index (χ4n) is 1.99. The van der Waals surface area contributed by atoms with Gasteiger partial charge in [0.1, 0.15) is 5.75 Å². The summed E-state index contributed by atoms with van der Waals surface area (Å²) in [5.74, 6) is 0.280. The van der Waals surface area contributed by atoms with Crippen LogP contribution in [0.3, 0.4) is 0 Å². The average Bonchev–Trinajstić information content (AvgIpc) is 2.56. The van der Waals surface area contributed by atoms with Gasteiger partial charge in [-0.1, -0.05) is 24.9 Å². The number of unbranched alkanes of at least 4 members (excludes halogenated alkanes) is 1. The standard InChI is InChI=1S/C17H18ClNO5S/c1-2-3-10-24-13-6-4-12(5-7-13)17(20)19-16-9-8-14(11-15(16)18)25(21,22)23/h4-9,11H,2-3,10H2,1H3,(H,19,20)(H,21,22,23). The van der Waals surface area contributed by atoms with Gasteiger partial charge in [-0.15, -0.1) is 0 Å². The Bertz CT molecular complexity index is 850. The fourth-order valence-corrected chi connectivity index (χ4v) is 2.79. The lowest BCUT2D eigenvalue weighted by molar-refractivity contribution is 0.102. The highest BCUT2D eigenvalue weighted by atomic mass is 35.5. The Hall–Kier alpha value is -2.09. The lowest BCUT2D eigenvalue weighted by atomic mass is 10.2. The number of ether oxygens (including phenoxy) is 1. The first kappa shape index (κ1) is 19.2. The lowest BCUT2D eigenvalue weighted by Gasteiger charge is -2.09. The first-order valence-electron chi connectivity index (χ1n) is 7.62. The predicted molar refractivity (Wildman–Crippen MR) is 96.1 cm³/mol. The van der Waals surface area contributed by atoms with Gasteiger partial charge in [-0.25, -0.2) is 0 Å². The fraction of sp³-hybridized carbons (Fsp3) is 0.235. The normalized spacial score (nSPS) is 11.2. The van der Waals surface area contributed by atoms with Crippen LogP contribution >= 0.6 is 11.6 Å². The quantitative estimate of drug-likeness (QED) is 0.556. The number of hydrogen-bond donors (Lipinski definition) is 2. The van der Waals surface area contributed by atoms with E-state index >= 15 is 0 Å². The summed E-state index contributed by atoms with van der Waals surface area (Å²) in [6.07, 6.45) is 2.00. The zero-order valence-corrected chi connectivity index (χ0v) is 15.1. The van der Waals surface area contributed by atoms with Crippen molar-refractivity contribution in [2.45, 2.75) is 24.7 Å². The van der Waals surface area contributed by atoms with Crippen molar-refractivity contribution in [1.82, 2.24) is 0 Å². The van der Waals surface area contributed by atoms with E-state index < -0.39 is 16.0 Å². The van der Waals surface area contributed by atoms with E-state index in [1.807, 2.05) is 0 Å². The molecule has 0 unspecified atom stereocenters. The molecule has 0 bridgehead atoms. The molecule has 0 atom stereocenters. The van der Waals surface area contributed by atoms with Crippen molar-refractivity contribution in [3.63, 3.8) is 0 Å². The molecular formula is C17H18ClNO5S. The minimum absolute atomic E-state index is 0.00277. The minimum atomic E-state index is -4.35. The molecule has 0 fully saturated rings. The van der Waals surface area contributed by atoms with Crippen LogP contribution in [0.15, 0.2) is 47.4 Å². The van der Waals surface area contributed by atoms with Crippen molar-refractivity contribution in [3.8, 4) is 5.75 Å². The predicted octanol–water partition coefficient (Wildman–Crippen LogP) is 4.02. The molecule has 0 radical (unpaired) electrons. The van der Waals surface area contributed by atoms with Gasteiger partial charge < -0.3 is 10.1 Å². The van der Waals surface area contributed by atoms with Crippen LogP contribution in [0.2, 0.25) is 5.02 Å². The summed E-state index contributed by atoms with van der Waals surface area (Å²) < 4.78 is 36.6. The van der Waals surface area contributed by atoms with Gasteiger partial charge >= 0.3 is 0 Å². The second-order valence-corrected chi connectivity index (χ2v) is 7.13. The van der Waals surface area contributed by atoms with Gasteiger partial charge in [0.15, 0.2) is 0 Å². The number of rotatable bonds is 7. The number of amides is 1. The van der Waals surface area contributed by atoms with Crippen LogP contribution in [0.5, 0.6) is 5.75 Å². The van der Waals surface area contributed by atoms with Crippen LogP contribution in [-0.2, 0) is 10.1 Å². The van der Waals surface area contributed by atoms with Gasteiger partial charge in [-0.2, -0.15) is 8.42 Å². The number of carbonyl (C=O) groups is 1. The Kier molecular flexibility index (Phi) is 6.41. The van der Waals surface area contributed by atoms with E-state index in [0.717, 1.165) is 25.0 Å². The van der Waals surface area contributed by atoms with E-state index in [2.05, 4.69) is 12.2 Å². The van der Waals surface area contributed by atoms with E-state index in [0.29, 0.717) is 17.9 Å². The molecule has 2 rings (SSSR count). The van der Waals surface area contributed by atoms with Gasteiger partial charge in [-0.05, 0) is 48.9 Å². The molecule has 0 heterocycles. The summed E-state index contributed by atoms with van der Waals surface area (Å²) in [6, 6.07) is 10.2. The monoisotopic (exact) mass is 383 g/mol. The second kappa shape index (κ2) is 8.33. The van der Waals surface area contributed by atoms with E-state index in [-0.39, 0.29) is 15.6 Å². The molecule has 0 saturated carbocycles. The van der Waals surface area contributed by atoms with Crippen LogP contribution in [0.25, 0.3) is 0 Å². The molecule has 0 aromatic heterocycles. The SMILES string of the molecule is CCCCOc1ccc(C(=O)Nc2ccc(S(=O)(=O)O)cc2Cl)cc1. The molecule has 8 heteroatoms. The number of nitrogens with one attached hydrogen (secondary N) is 1. The molecule has 25 heavy (non-hydrogen) atoms. The van der Waals surface area contributed by atoms with E-state index in [9.17, 15) is 13.2 Å². The topological polar surface area (TPSA) is 92.7 Å². The molecule has 6 nitrogen and oxygen atoms in total. The highest BCUT2D eigenvalue weighted by molar-refractivity contribution is 7.85. The number of hydrogen-bond acceptors (Lipinski definition) is 4. The van der Waals surface area contributed by atoms with Crippen molar-refractivity contribution in [3.05, 3.63) is 53.1 Å². The molecule has 2 aromatic rings. The summed E-state index contributed by atoms with van der Waals surface area (Å²) >= 11 is 5.95. The van der Waals surface area contributed by atoms with Crippen LogP contribution < -0.4 is 10.1 Å². The molecule has 2 N–H and O–H groups in total. The molecule has 2 aromatic carbocycles. The molecule has 0 saturated heterocycles. The van der Waals surface area contributed by atoms with Crippen LogP contribution in [0, 0.1) is 0 Å². The van der Waals surface area contributed by atoms with Crippen LogP contribution in [-0.4, -0.2) is 25.5 Å². The maximum Gasteiger partial charge on any atom is 0.294 e. The molecule has 0 aliphatic rings. The first-order valence-corrected chi connectivity index (χ1v) is 9.44. The largest absolute Gasteiger partial charge is 0.494 e. The molecule has 1 amide bonds. The van der Waals surface area contributed by atoms with Crippen molar-refractivity contribution in [2.75, 3.05) is 11.9 Å². The Morgan fingerprint density at radius 2 is 1.88 bits per heavy atom. The van der Waals surface area contributed by atoms with Crippen LogP contribution in [0.4, 0.5) is 5.69 Å². The molecule has 0 spiro atoms. The number of carbonyl (C=O) groups excluding carboxylic acids is 1. The number of halogens is 1. The number of anilines is 1. The molecule has 0 aliphatic carbocycles. The Balaban J connectivity index is 2.07. The Labute approximate surface area is 151 Å². The smallest absolute Gasteiger partial charge is 0.294 e. The van der Waals surface area contributed by atoms with Crippen molar-refractivity contribution >= 4 is 33.3 Å². The van der Waals surface area contributed by atoms with Crippen LogP contribution in [0.1, 0.15) is 30.1 Å². The summed E-state index contributed by atoms with van der Waals surface area (Å²) in [5, 5.41) is 2.59. The lowest BCUT2D eigenvalue weighted by Crippen LogP contribution is -2.12. The minimum Gasteiger partial charge on any atom is -0.494 e. The second-order valence-electron chi connectivity index (χ2n) is 5.30. The van der Waals surface area contributed by atoms with E-state index in [1.54, 1.807) is 24.3 Å². The Morgan fingerprint density at radius 1 is 1.20 bits per heavy atom. The van der Waals surface area contributed by atoms with Crippen molar-refractivity contribution < 1.29 is 22.5 Å². The summed E-state index contributed by atoms with van der Waals surface area (Å²) in [7, 11) is -4.35. The highest BCUT2D eigenvalue weighted by Gasteiger charge is 2.14.